The van der Waals surface area contributed by atoms with E-state index in [-0.39, 0.29) is 6.10 Å². The zero-order chi connectivity index (χ0) is 13.3. The number of hydrogen-bond donors (Lipinski definition) is 1. The molecule has 5 heteroatoms. The fourth-order valence-corrected chi connectivity index (χ4v) is 2.90. The van der Waals surface area contributed by atoms with Crippen molar-refractivity contribution < 1.29 is 9.84 Å². The fourth-order valence-electron chi connectivity index (χ4n) is 2.58. The molecule has 0 spiro atoms. The Morgan fingerprint density at radius 2 is 2.39 bits per heavy atom. The first kappa shape index (κ1) is 13.8. The van der Waals surface area contributed by atoms with E-state index in [9.17, 15) is 5.11 Å². The maximum atomic E-state index is 10.9. The van der Waals surface area contributed by atoms with Crippen LogP contribution in [0.5, 0.6) is 0 Å². The van der Waals surface area contributed by atoms with Crippen molar-refractivity contribution in [2.24, 2.45) is 5.92 Å². The van der Waals surface area contributed by atoms with E-state index in [0.29, 0.717) is 36.9 Å². The van der Waals surface area contributed by atoms with E-state index in [0.717, 1.165) is 5.69 Å². The molecule has 1 aromatic heterocycles. The van der Waals surface area contributed by atoms with Gasteiger partial charge in [0, 0.05) is 19.4 Å². The summed E-state index contributed by atoms with van der Waals surface area (Å²) in [6, 6.07) is 0. The van der Waals surface area contributed by atoms with Crippen molar-refractivity contribution in [2.45, 2.75) is 51.9 Å². The summed E-state index contributed by atoms with van der Waals surface area (Å²) in [6.45, 7) is 7.47. The van der Waals surface area contributed by atoms with Crippen LogP contribution in [0.25, 0.3) is 0 Å². The van der Waals surface area contributed by atoms with Gasteiger partial charge in [-0.15, -0.1) is 0 Å². The molecule has 2 atom stereocenters. The van der Waals surface area contributed by atoms with Gasteiger partial charge in [0.25, 0.3) is 0 Å². The Hall–Kier alpha value is -0.580. The standard InChI is InChI=1S/C13H21ClN2O2/c1-4-16-12(10(14)8-15-16)13(17)5-6-18-11(7-13)9(2)3/h8-9,11,17H,4-7H2,1-3H3. The molecule has 2 unspecified atom stereocenters. The first-order chi connectivity index (χ1) is 8.48. The Bertz CT molecular complexity index is 419. The van der Waals surface area contributed by atoms with Gasteiger partial charge in [0.1, 0.15) is 5.60 Å². The quantitative estimate of drug-likeness (QED) is 0.920. The Morgan fingerprint density at radius 3 is 3.00 bits per heavy atom. The number of aryl methyl sites for hydroxylation is 1. The predicted octanol–water partition coefficient (Wildman–Crippen LogP) is 2.58. The summed E-state index contributed by atoms with van der Waals surface area (Å²) < 4.78 is 7.50. The van der Waals surface area contributed by atoms with Crippen molar-refractivity contribution in [1.82, 2.24) is 9.78 Å². The van der Waals surface area contributed by atoms with Crippen LogP contribution in [0.15, 0.2) is 6.20 Å². The largest absolute Gasteiger partial charge is 0.383 e. The predicted molar refractivity (Wildman–Crippen MR) is 70.6 cm³/mol. The molecule has 0 aromatic carbocycles. The van der Waals surface area contributed by atoms with Crippen LogP contribution < -0.4 is 0 Å². The van der Waals surface area contributed by atoms with Crippen LogP contribution in [-0.4, -0.2) is 27.6 Å². The zero-order valence-corrected chi connectivity index (χ0v) is 11.9. The van der Waals surface area contributed by atoms with Gasteiger partial charge in [-0.25, -0.2) is 0 Å². The maximum Gasteiger partial charge on any atom is 0.112 e. The van der Waals surface area contributed by atoms with Gasteiger partial charge in [-0.05, 0) is 12.8 Å². The van der Waals surface area contributed by atoms with E-state index in [1.807, 2.05) is 6.92 Å². The second-order valence-corrected chi connectivity index (χ2v) is 5.70. The lowest BCUT2D eigenvalue weighted by Crippen LogP contribution is -2.42. The minimum absolute atomic E-state index is 0.0695. The van der Waals surface area contributed by atoms with E-state index < -0.39 is 5.60 Å². The van der Waals surface area contributed by atoms with Crippen molar-refractivity contribution in [1.29, 1.82) is 0 Å². The molecule has 0 aliphatic carbocycles. The highest BCUT2D eigenvalue weighted by Gasteiger charge is 2.41. The van der Waals surface area contributed by atoms with E-state index >= 15 is 0 Å². The van der Waals surface area contributed by atoms with Crippen molar-refractivity contribution in [2.75, 3.05) is 6.61 Å². The average Bonchev–Trinajstić information content (AvgIpc) is 2.71. The molecule has 4 nitrogen and oxygen atoms in total. The minimum atomic E-state index is -0.920. The van der Waals surface area contributed by atoms with Gasteiger partial charge in [-0.3, -0.25) is 4.68 Å². The van der Waals surface area contributed by atoms with Gasteiger partial charge >= 0.3 is 0 Å². The van der Waals surface area contributed by atoms with Crippen molar-refractivity contribution in [3.05, 3.63) is 16.9 Å². The summed E-state index contributed by atoms with van der Waals surface area (Å²) in [4.78, 5) is 0. The summed E-state index contributed by atoms with van der Waals surface area (Å²) in [7, 11) is 0. The molecule has 2 rings (SSSR count). The van der Waals surface area contributed by atoms with E-state index in [4.69, 9.17) is 16.3 Å². The van der Waals surface area contributed by atoms with Gasteiger partial charge < -0.3 is 9.84 Å². The van der Waals surface area contributed by atoms with Gasteiger partial charge in [-0.2, -0.15) is 5.10 Å². The van der Waals surface area contributed by atoms with Gasteiger partial charge in [-0.1, -0.05) is 25.4 Å². The lowest BCUT2D eigenvalue weighted by molar-refractivity contribution is -0.124. The number of aliphatic hydroxyl groups is 1. The van der Waals surface area contributed by atoms with Crippen molar-refractivity contribution in [3.63, 3.8) is 0 Å². The SMILES string of the molecule is CCn1ncc(Cl)c1C1(O)CCOC(C(C)C)C1. The molecule has 1 aromatic rings. The van der Waals surface area contributed by atoms with Crippen molar-refractivity contribution in [3.8, 4) is 0 Å². The van der Waals surface area contributed by atoms with Crippen LogP contribution in [0.3, 0.4) is 0 Å². The fraction of sp³-hybridized carbons (Fsp3) is 0.769. The number of hydrogen-bond acceptors (Lipinski definition) is 3. The van der Waals surface area contributed by atoms with E-state index in [1.165, 1.54) is 0 Å². The Kier molecular flexibility index (Phi) is 3.99. The smallest absolute Gasteiger partial charge is 0.112 e. The minimum Gasteiger partial charge on any atom is -0.383 e. The lowest BCUT2D eigenvalue weighted by Gasteiger charge is -2.38. The zero-order valence-electron chi connectivity index (χ0n) is 11.2. The van der Waals surface area contributed by atoms with Crippen LogP contribution in [0.1, 0.15) is 39.3 Å². The molecule has 18 heavy (non-hydrogen) atoms. The Balaban J connectivity index is 2.32. The Labute approximate surface area is 113 Å². The summed E-state index contributed by atoms with van der Waals surface area (Å²) in [5, 5.41) is 15.7. The highest BCUT2D eigenvalue weighted by molar-refractivity contribution is 6.31. The molecule has 1 fully saturated rings. The summed E-state index contributed by atoms with van der Waals surface area (Å²) >= 11 is 6.19. The monoisotopic (exact) mass is 272 g/mol. The summed E-state index contributed by atoms with van der Waals surface area (Å²) in [5.74, 6) is 0.383. The first-order valence-corrected chi connectivity index (χ1v) is 6.91. The molecule has 0 bridgehead atoms. The topological polar surface area (TPSA) is 47.3 Å². The molecule has 0 amide bonds. The third-order valence-electron chi connectivity index (χ3n) is 3.67. The van der Waals surface area contributed by atoms with Crippen LogP contribution >= 0.6 is 11.6 Å². The van der Waals surface area contributed by atoms with Crippen LogP contribution in [-0.2, 0) is 16.9 Å². The molecule has 102 valence electrons. The normalized spacial score (nSPS) is 28.9. The maximum absolute atomic E-state index is 10.9. The number of nitrogens with zero attached hydrogens (tertiary/aromatic N) is 2. The molecule has 2 heterocycles. The molecule has 0 radical (unpaired) electrons. The molecule has 1 saturated heterocycles. The second kappa shape index (κ2) is 5.19. The number of halogens is 1. The van der Waals surface area contributed by atoms with Crippen LogP contribution in [0.4, 0.5) is 0 Å². The summed E-state index contributed by atoms with van der Waals surface area (Å²) in [5.41, 5.74) is -0.183. The number of aromatic nitrogens is 2. The van der Waals surface area contributed by atoms with Gasteiger partial charge in [0.2, 0.25) is 0 Å². The molecular formula is C13H21ClN2O2. The van der Waals surface area contributed by atoms with Crippen LogP contribution in [0.2, 0.25) is 5.02 Å². The van der Waals surface area contributed by atoms with Crippen molar-refractivity contribution >= 4 is 11.6 Å². The first-order valence-electron chi connectivity index (χ1n) is 6.53. The third kappa shape index (κ3) is 2.42. The number of ether oxygens (including phenoxy) is 1. The molecule has 1 N–H and O–H groups in total. The molecule has 1 aliphatic rings. The van der Waals surface area contributed by atoms with E-state index in [2.05, 4.69) is 18.9 Å². The van der Waals surface area contributed by atoms with Gasteiger partial charge in [0.05, 0.1) is 29.6 Å². The van der Waals surface area contributed by atoms with Crippen LogP contribution in [0, 0.1) is 5.92 Å². The molecular weight excluding hydrogens is 252 g/mol. The molecule has 1 aliphatic heterocycles. The number of rotatable bonds is 3. The third-order valence-corrected chi connectivity index (χ3v) is 3.94. The highest BCUT2D eigenvalue weighted by Crippen LogP contribution is 2.39. The van der Waals surface area contributed by atoms with Gasteiger partial charge in [0.15, 0.2) is 0 Å². The van der Waals surface area contributed by atoms with E-state index in [1.54, 1.807) is 10.9 Å². The Morgan fingerprint density at radius 1 is 1.67 bits per heavy atom. The summed E-state index contributed by atoms with van der Waals surface area (Å²) in [6.07, 6.45) is 2.83. The lowest BCUT2D eigenvalue weighted by atomic mass is 9.84. The molecule has 0 saturated carbocycles. The average molecular weight is 273 g/mol. The second-order valence-electron chi connectivity index (χ2n) is 5.30. The highest BCUT2D eigenvalue weighted by atomic mass is 35.5.